The molecule has 0 bridgehead atoms. The van der Waals surface area contributed by atoms with Crippen LogP contribution in [0, 0.1) is 0 Å². The number of rotatable bonds is 8. The third kappa shape index (κ3) is 6.25. The van der Waals surface area contributed by atoms with E-state index in [1.54, 1.807) is 6.92 Å². The van der Waals surface area contributed by atoms with Gasteiger partial charge in [0.15, 0.2) is 0 Å². The number of thiocarbonyl (C=S) groups is 1. The minimum absolute atomic E-state index is 0.228. The van der Waals surface area contributed by atoms with Crippen molar-refractivity contribution in [1.29, 1.82) is 0 Å². The fourth-order valence-corrected chi connectivity index (χ4v) is 2.20. The molecule has 0 aliphatic rings. The van der Waals surface area contributed by atoms with Gasteiger partial charge in [0.1, 0.15) is 0 Å². The minimum atomic E-state index is -7.10. The molecule has 0 saturated carbocycles. The normalized spacial score (nSPS) is 16.3. The number of thioether (sulfide) groups is 1. The number of alkyl halides is 11. The van der Waals surface area contributed by atoms with Crippen LogP contribution in [0.25, 0.3) is 0 Å². The fraction of sp³-hybridized carbons (Fsp3) is 0.909. The average Bonchev–Trinajstić information content (AvgIpc) is 2.40. The molecule has 0 fully saturated rings. The molecule has 0 radical (unpaired) electrons. The van der Waals surface area contributed by atoms with Gasteiger partial charge in [-0.2, -0.15) is 48.3 Å². The molecule has 0 rings (SSSR count). The lowest BCUT2D eigenvalue weighted by atomic mass is 10.3. The second-order valence-corrected chi connectivity index (χ2v) is 6.36. The zero-order valence-corrected chi connectivity index (χ0v) is 14.3. The second kappa shape index (κ2) is 8.63. The van der Waals surface area contributed by atoms with Gasteiger partial charge in [-0.05, 0) is 18.6 Å². The van der Waals surface area contributed by atoms with Crippen molar-refractivity contribution in [2.45, 2.75) is 55.8 Å². The van der Waals surface area contributed by atoms with E-state index < -0.39 is 45.7 Å². The van der Waals surface area contributed by atoms with Crippen LogP contribution in [0.3, 0.4) is 0 Å². The van der Waals surface area contributed by atoms with E-state index in [2.05, 4.69) is 21.7 Å². The lowest BCUT2D eigenvalue weighted by Gasteiger charge is -2.34. The third-order valence-electron chi connectivity index (χ3n) is 2.50. The summed E-state index contributed by atoms with van der Waals surface area (Å²) in [5.41, 5.74) is 0. The molecule has 0 amide bonds. The van der Waals surface area contributed by atoms with Crippen molar-refractivity contribution in [2.75, 3.05) is 6.61 Å². The SMILES string of the molecule is CCCCCOC(=S)SC(F)(OC(F)(F)C(F)(F)C(F)(F)F)C(F)(F)F. The van der Waals surface area contributed by atoms with E-state index in [1.807, 2.05) is 0 Å². The van der Waals surface area contributed by atoms with E-state index in [0.717, 1.165) is 0 Å². The molecule has 0 aliphatic heterocycles. The van der Waals surface area contributed by atoms with Gasteiger partial charge in [-0.25, -0.2) is 0 Å². The first-order valence-electron chi connectivity index (χ1n) is 6.55. The second-order valence-electron chi connectivity index (χ2n) is 4.63. The van der Waals surface area contributed by atoms with Gasteiger partial charge in [0.25, 0.3) is 0 Å². The molecule has 0 aromatic rings. The Morgan fingerprint density at radius 2 is 1.35 bits per heavy atom. The van der Waals surface area contributed by atoms with E-state index in [1.165, 1.54) is 0 Å². The molecule has 0 heterocycles. The minimum Gasteiger partial charge on any atom is -0.478 e. The summed E-state index contributed by atoms with van der Waals surface area (Å²) in [6, 6.07) is 0. The molecule has 0 N–H and O–H groups in total. The first-order chi connectivity index (χ1) is 11.4. The smallest absolute Gasteiger partial charge is 0.462 e. The molecule has 156 valence electrons. The number of hydrogen-bond donors (Lipinski definition) is 0. The van der Waals surface area contributed by atoms with Gasteiger partial charge in [-0.3, -0.25) is 4.74 Å². The lowest BCUT2D eigenvalue weighted by Crippen LogP contribution is -2.58. The summed E-state index contributed by atoms with van der Waals surface area (Å²) in [4.78, 5) is 0. The summed E-state index contributed by atoms with van der Waals surface area (Å²) < 4.78 is 144. The summed E-state index contributed by atoms with van der Waals surface area (Å²) in [7, 11) is 0. The maximum absolute atomic E-state index is 13.8. The number of ether oxygens (including phenoxy) is 2. The Bertz CT molecular complexity index is 478. The summed E-state index contributed by atoms with van der Waals surface area (Å²) in [5, 5.41) is -5.72. The van der Waals surface area contributed by atoms with E-state index in [9.17, 15) is 48.3 Å². The van der Waals surface area contributed by atoms with Crippen LogP contribution in [-0.2, 0) is 9.47 Å². The summed E-state index contributed by atoms with van der Waals surface area (Å²) >= 11 is 2.72. The molecule has 15 heteroatoms. The molecule has 2 nitrogen and oxygen atoms in total. The van der Waals surface area contributed by atoms with Crippen molar-refractivity contribution in [3.05, 3.63) is 0 Å². The topological polar surface area (TPSA) is 18.5 Å². The van der Waals surface area contributed by atoms with Gasteiger partial charge >= 0.3 is 29.6 Å². The molecule has 26 heavy (non-hydrogen) atoms. The van der Waals surface area contributed by atoms with Crippen molar-refractivity contribution in [3.8, 4) is 0 Å². The Balaban J connectivity index is 5.41. The van der Waals surface area contributed by atoms with Crippen LogP contribution in [0.5, 0.6) is 0 Å². The van der Waals surface area contributed by atoms with E-state index in [-0.39, 0.29) is 13.0 Å². The Hall–Kier alpha value is -0.570. The Kier molecular flexibility index (Phi) is 8.44. The molecule has 0 spiro atoms. The molecule has 0 aliphatic carbocycles. The third-order valence-corrected chi connectivity index (χ3v) is 3.73. The van der Waals surface area contributed by atoms with Gasteiger partial charge in [-0.15, -0.1) is 0 Å². The molecule has 1 unspecified atom stereocenters. The molecular formula is C11H11F11O2S2. The monoisotopic (exact) mass is 448 g/mol. The first kappa shape index (κ1) is 25.4. The molecule has 0 saturated heterocycles. The van der Waals surface area contributed by atoms with Crippen LogP contribution in [0.2, 0.25) is 0 Å². The van der Waals surface area contributed by atoms with Crippen molar-refractivity contribution in [1.82, 2.24) is 0 Å². The van der Waals surface area contributed by atoms with Gasteiger partial charge in [0.05, 0.1) is 6.61 Å². The maximum Gasteiger partial charge on any atom is 0.462 e. The lowest BCUT2D eigenvalue weighted by molar-refractivity contribution is -0.464. The summed E-state index contributed by atoms with van der Waals surface area (Å²) in [6.07, 6.45) is -19.0. The van der Waals surface area contributed by atoms with E-state index in [0.29, 0.717) is 12.8 Å². The molecular weight excluding hydrogens is 437 g/mol. The van der Waals surface area contributed by atoms with Crippen LogP contribution < -0.4 is 0 Å². The van der Waals surface area contributed by atoms with Crippen LogP contribution in [0.1, 0.15) is 26.2 Å². The van der Waals surface area contributed by atoms with Crippen molar-refractivity contribution in [2.24, 2.45) is 0 Å². The summed E-state index contributed by atoms with van der Waals surface area (Å²) in [6.45, 7) is 1.38. The summed E-state index contributed by atoms with van der Waals surface area (Å²) in [5.74, 6) is -7.10. The van der Waals surface area contributed by atoms with Crippen LogP contribution in [0.4, 0.5) is 48.3 Å². The number of halogens is 11. The predicted molar refractivity (Wildman–Crippen MR) is 72.6 cm³/mol. The van der Waals surface area contributed by atoms with E-state index >= 15 is 0 Å². The van der Waals surface area contributed by atoms with Crippen molar-refractivity contribution < 1.29 is 57.8 Å². The van der Waals surface area contributed by atoms with Crippen LogP contribution in [0.15, 0.2) is 0 Å². The van der Waals surface area contributed by atoms with E-state index in [4.69, 9.17) is 0 Å². The van der Waals surface area contributed by atoms with Gasteiger partial charge in [-0.1, -0.05) is 19.8 Å². The highest BCUT2D eigenvalue weighted by atomic mass is 32.2. The maximum atomic E-state index is 13.8. The Morgan fingerprint density at radius 1 is 0.846 bits per heavy atom. The van der Waals surface area contributed by atoms with Gasteiger partial charge < -0.3 is 4.74 Å². The zero-order chi connectivity index (χ0) is 21.0. The largest absolute Gasteiger partial charge is 0.478 e. The quantitative estimate of drug-likeness (QED) is 0.190. The van der Waals surface area contributed by atoms with Crippen LogP contribution in [-0.4, -0.2) is 40.6 Å². The fourth-order valence-electron chi connectivity index (χ4n) is 1.17. The average molecular weight is 448 g/mol. The molecule has 0 aromatic heterocycles. The highest BCUT2D eigenvalue weighted by Gasteiger charge is 2.78. The zero-order valence-electron chi connectivity index (χ0n) is 12.6. The highest BCUT2D eigenvalue weighted by molar-refractivity contribution is 8.23. The van der Waals surface area contributed by atoms with Gasteiger partial charge in [0.2, 0.25) is 4.38 Å². The number of hydrogen-bond acceptors (Lipinski definition) is 4. The Morgan fingerprint density at radius 3 is 1.73 bits per heavy atom. The standard InChI is InChI=1S/C11H11F11O2S2/c1-2-3-4-5-23-6(25)26-11(22,9(17,18)19)24-10(20,21)7(12,13)8(14,15)16/h2-5H2,1H3. The van der Waals surface area contributed by atoms with Crippen molar-refractivity contribution >= 4 is 28.4 Å². The van der Waals surface area contributed by atoms with Crippen LogP contribution >= 0.6 is 24.0 Å². The molecule has 0 aromatic carbocycles. The Labute approximate surface area is 149 Å². The molecule has 1 atom stereocenters. The number of unbranched alkanes of at least 4 members (excludes halogenated alkanes) is 2. The van der Waals surface area contributed by atoms with Gasteiger partial charge in [0, 0.05) is 11.8 Å². The van der Waals surface area contributed by atoms with Crippen molar-refractivity contribution in [3.63, 3.8) is 0 Å². The first-order valence-corrected chi connectivity index (χ1v) is 7.77. The predicted octanol–water partition coefficient (Wildman–Crippen LogP) is 6.20. The highest BCUT2D eigenvalue weighted by Crippen LogP contribution is 2.54.